The molecule has 0 unspecified atom stereocenters. The maximum absolute atomic E-state index is 13.1. The van der Waals surface area contributed by atoms with Gasteiger partial charge in [0.05, 0.1) is 11.8 Å². The fraction of sp³-hybridized carbons (Fsp3) is 0.500. The molecule has 5 nitrogen and oxygen atoms in total. The molecular formula is C22H24N2O3. The minimum absolute atomic E-state index is 0.0112. The van der Waals surface area contributed by atoms with E-state index in [1.165, 1.54) is 16.7 Å². The van der Waals surface area contributed by atoms with E-state index in [9.17, 15) is 14.4 Å². The zero-order valence-electron chi connectivity index (χ0n) is 15.9. The smallest absolute Gasteiger partial charge is 0.235 e. The average Bonchev–Trinajstić information content (AvgIpc) is 3.41. The first kappa shape index (κ1) is 16.7. The largest absolute Gasteiger partial charge is 0.294 e. The molecule has 2 bridgehead atoms. The number of likely N-dealkylation sites (tertiary alicyclic amines) is 1. The SMILES string of the molecule is CC(=O)N(CN1C(=O)[C@@H]2[C@H]3C=C[C@@H]([C@@H]4C[C@H]34)[C@H]2C1=O)c1ccc(C)c(C)c1. The van der Waals surface area contributed by atoms with E-state index in [2.05, 4.69) is 12.2 Å². The summed E-state index contributed by atoms with van der Waals surface area (Å²) in [5.41, 5.74) is 2.95. The van der Waals surface area contributed by atoms with Gasteiger partial charge in [0.25, 0.3) is 0 Å². The number of hydrogen-bond acceptors (Lipinski definition) is 3. The summed E-state index contributed by atoms with van der Waals surface area (Å²) in [6, 6.07) is 5.78. The lowest BCUT2D eigenvalue weighted by Crippen LogP contribution is -2.44. The van der Waals surface area contributed by atoms with E-state index in [0.29, 0.717) is 11.8 Å². The predicted octanol–water partition coefficient (Wildman–Crippen LogP) is 2.67. The van der Waals surface area contributed by atoms with Crippen LogP contribution in [0.3, 0.4) is 0 Å². The molecule has 3 amide bonds. The first-order valence-electron chi connectivity index (χ1n) is 9.77. The van der Waals surface area contributed by atoms with Crippen molar-refractivity contribution in [1.29, 1.82) is 0 Å². The number of allylic oxidation sites excluding steroid dienone is 2. The quantitative estimate of drug-likeness (QED) is 0.612. The van der Waals surface area contributed by atoms with Crippen LogP contribution in [0.1, 0.15) is 24.5 Å². The van der Waals surface area contributed by atoms with Crippen LogP contribution in [0, 0.1) is 49.4 Å². The standard InChI is InChI=1S/C22H24N2O3/c1-11-4-5-14(8-12(11)2)23(13(3)25)10-24-21(26)19-15-6-7-16(18-9-17(15)18)20(19)22(24)27/h4-8,15-20H,9-10H2,1-3H3/t15-,16-,17-,18+,19+,20+/m0/s1. The van der Waals surface area contributed by atoms with Crippen molar-refractivity contribution >= 4 is 23.4 Å². The van der Waals surface area contributed by atoms with Gasteiger partial charge in [-0.15, -0.1) is 0 Å². The number of aryl methyl sites for hydroxylation is 2. The molecule has 6 atom stereocenters. The van der Waals surface area contributed by atoms with Crippen molar-refractivity contribution in [3.63, 3.8) is 0 Å². The number of carbonyl (C=O) groups excluding carboxylic acids is 3. The van der Waals surface area contributed by atoms with Gasteiger partial charge in [0.1, 0.15) is 6.67 Å². The van der Waals surface area contributed by atoms with Gasteiger partial charge < -0.3 is 0 Å². The Labute approximate surface area is 159 Å². The molecule has 1 aromatic carbocycles. The fourth-order valence-corrected chi connectivity index (χ4v) is 5.56. The minimum atomic E-state index is -0.218. The third kappa shape index (κ3) is 2.27. The van der Waals surface area contributed by atoms with E-state index in [-0.39, 0.29) is 48.1 Å². The summed E-state index contributed by atoms with van der Waals surface area (Å²) in [5.74, 6) is 0.794. The Bertz CT molecular complexity index is 869. The number of nitrogens with zero attached hydrogens (tertiary/aromatic N) is 2. The molecule has 1 heterocycles. The molecule has 0 radical (unpaired) electrons. The number of benzene rings is 1. The van der Waals surface area contributed by atoms with E-state index in [4.69, 9.17) is 0 Å². The molecule has 6 rings (SSSR count). The summed E-state index contributed by atoms with van der Waals surface area (Å²) in [7, 11) is 0. The molecular weight excluding hydrogens is 340 g/mol. The van der Waals surface area contributed by atoms with E-state index in [1.807, 2.05) is 32.0 Å². The van der Waals surface area contributed by atoms with Gasteiger partial charge in [-0.25, -0.2) is 0 Å². The Balaban J connectivity index is 1.44. The Morgan fingerprint density at radius 1 is 1.04 bits per heavy atom. The Hall–Kier alpha value is -2.43. The third-order valence-electron chi connectivity index (χ3n) is 7.22. The highest BCUT2D eigenvalue weighted by Gasteiger charge is 2.67. The highest BCUT2D eigenvalue weighted by Crippen LogP contribution is 2.65. The van der Waals surface area contributed by atoms with Crippen molar-refractivity contribution in [3.8, 4) is 0 Å². The summed E-state index contributed by atoms with van der Waals surface area (Å²) >= 11 is 0. The van der Waals surface area contributed by atoms with E-state index >= 15 is 0 Å². The van der Waals surface area contributed by atoms with E-state index in [1.54, 1.807) is 0 Å². The Morgan fingerprint density at radius 2 is 1.63 bits per heavy atom. The van der Waals surface area contributed by atoms with Gasteiger partial charge in [0, 0.05) is 12.6 Å². The van der Waals surface area contributed by atoms with Gasteiger partial charge in [-0.3, -0.25) is 24.2 Å². The lowest BCUT2D eigenvalue weighted by atomic mass is 9.63. The molecule has 5 heteroatoms. The average molecular weight is 364 g/mol. The van der Waals surface area contributed by atoms with Crippen LogP contribution in [-0.4, -0.2) is 29.3 Å². The zero-order chi connectivity index (χ0) is 19.0. The third-order valence-corrected chi connectivity index (χ3v) is 7.22. The zero-order valence-corrected chi connectivity index (χ0v) is 15.9. The summed E-state index contributed by atoms with van der Waals surface area (Å²) in [4.78, 5) is 41.5. The monoisotopic (exact) mass is 364 g/mol. The number of rotatable bonds is 3. The highest BCUT2D eigenvalue weighted by molar-refractivity contribution is 6.07. The van der Waals surface area contributed by atoms with Crippen molar-refractivity contribution in [2.24, 2.45) is 35.5 Å². The Morgan fingerprint density at radius 3 is 2.15 bits per heavy atom. The molecule has 140 valence electrons. The normalized spacial score (nSPS) is 35.3. The van der Waals surface area contributed by atoms with Gasteiger partial charge in [0.15, 0.2) is 0 Å². The van der Waals surface area contributed by atoms with Crippen molar-refractivity contribution in [2.75, 3.05) is 11.6 Å². The molecule has 1 aliphatic heterocycles. The molecule has 2 saturated carbocycles. The maximum atomic E-state index is 13.1. The first-order chi connectivity index (χ1) is 12.9. The van der Waals surface area contributed by atoms with Crippen molar-refractivity contribution in [1.82, 2.24) is 4.90 Å². The summed E-state index contributed by atoms with van der Waals surface area (Å²) in [6.07, 6.45) is 5.49. The first-order valence-corrected chi connectivity index (χ1v) is 9.77. The van der Waals surface area contributed by atoms with E-state index in [0.717, 1.165) is 23.2 Å². The number of imide groups is 1. The molecule has 1 aromatic rings. The molecule has 5 aliphatic rings. The van der Waals surface area contributed by atoms with Gasteiger partial charge in [-0.2, -0.15) is 0 Å². The van der Waals surface area contributed by atoms with Gasteiger partial charge in [-0.1, -0.05) is 18.2 Å². The summed E-state index contributed by atoms with van der Waals surface area (Å²) < 4.78 is 0. The van der Waals surface area contributed by atoms with Crippen molar-refractivity contribution < 1.29 is 14.4 Å². The minimum Gasteiger partial charge on any atom is -0.294 e. The van der Waals surface area contributed by atoms with Crippen LogP contribution >= 0.6 is 0 Å². The second-order valence-corrected chi connectivity index (χ2v) is 8.62. The second-order valence-electron chi connectivity index (χ2n) is 8.62. The van der Waals surface area contributed by atoms with Crippen LogP contribution < -0.4 is 4.90 Å². The highest BCUT2D eigenvalue weighted by atomic mass is 16.2. The lowest BCUT2D eigenvalue weighted by molar-refractivity contribution is -0.140. The van der Waals surface area contributed by atoms with Crippen LogP contribution in [0.5, 0.6) is 0 Å². The molecule has 0 N–H and O–H groups in total. The Kier molecular flexibility index (Phi) is 3.43. The van der Waals surface area contributed by atoms with Gasteiger partial charge >= 0.3 is 0 Å². The second kappa shape index (κ2) is 5.54. The molecule has 3 fully saturated rings. The molecule has 27 heavy (non-hydrogen) atoms. The fourth-order valence-electron chi connectivity index (χ4n) is 5.56. The molecule has 1 saturated heterocycles. The van der Waals surface area contributed by atoms with E-state index < -0.39 is 0 Å². The molecule has 0 spiro atoms. The maximum Gasteiger partial charge on any atom is 0.235 e. The van der Waals surface area contributed by atoms with Crippen molar-refractivity contribution in [3.05, 3.63) is 41.5 Å². The van der Waals surface area contributed by atoms with Gasteiger partial charge in [0.2, 0.25) is 17.7 Å². The predicted molar refractivity (Wildman–Crippen MR) is 100 cm³/mol. The van der Waals surface area contributed by atoms with Crippen molar-refractivity contribution in [2.45, 2.75) is 27.2 Å². The van der Waals surface area contributed by atoms with Crippen LogP contribution in [-0.2, 0) is 14.4 Å². The number of amides is 3. The summed E-state index contributed by atoms with van der Waals surface area (Å²) in [5, 5.41) is 0. The van der Waals surface area contributed by atoms with Crippen LogP contribution in [0.25, 0.3) is 0 Å². The lowest BCUT2D eigenvalue weighted by Gasteiger charge is -2.37. The number of hydrogen-bond donors (Lipinski definition) is 0. The number of carbonyl (C=O) groups is 3. The van der Waals surface area contributed by atoms with Crippen LogP contribution in [0.2, 0.25) is 0 Å². The van der Waals surface area contributed by atoms with Crippen LogP contribution in [0.15, 0.2) is 30.4 Å². The molecule has 4 aliphatic carbocycles. The van der Waals surface area contributed by atoms with Gasteiger partial charge in [-0.05, 0) is 67.2 Å². The summed E-state index contributed by atoms with van der Waals surface area (Å²) in [6.45, 7) is 5.50. The van der Waals surface area contributed by atoms with Crippen LogP contribution in [0.4, 0.5) is 5.69 Å². The number of anilines is 1. The topological polar surface area (TPSA) is 57.7 Å². The molecule has 0 aromatic heterocycles.